The van der Waals surface area contributed by atoms with Gasteiger partial charge in [0.25, 0.3) is 0 Å². The molecule has 0 atom stereocenters. The molecule has 2 nitrogen and oxygen atoms in total. The van der Waals surface area contributed by atoms with Crippen molar-refractivity contribution < 1.29 is 4.74 Å². The summed E-state index contributed by atoms with van der Waals surface area (Å²) in [5.41, 5.74) is 2.57. The molecular weight excluding hydrogens is 244 g/mol. The quantitative estimate of drug-likeness (QED) is 0.347. The largest absolute Gasteiger partial charge is 0.498 e. The Balaban J connectivity index is 3.00. The van der Waals surface area contributed by atoms with Crippen LogP contribution in [0, 0.1) is 6.92 Å². The summed E-state index contributed by atoms with van der Waals surface area (Å²) >= 11 is 5.81. The van der Waals surface area contributed by atoms with Crippen LogP contribution < -0.4 is 0 Å². The molecule has 0 spiro atoms. The highest BCUT2D eigenvalue weighted by Gasteiger charge is 2.02. The number of methoxy groups -OCH3 is 1. The molecule has 2 radical (unpaired) electrons. The monoisotopic (exact) mass is 261 g/mol. The lowest BCUT2D eigenvalue weighted by atomic mass is 9.90. The first-order valence-electron chi connectivity index (χ1n) is 5.92. The molecule has 0 bridgehead atoms. The van der Waals surface area contributed by atoms with Crippen LogP contribution in [0.25, 0.3) is 6.08 Å². The molecule has 0 N–H and O–H groups in total. The maximum Gasteiger partial charge on any atom is 0.129 e. The minimum absolute atomic E-state index is 0.483. The summed E-state index contributed by atoms with van der Waals surface area (Å²) in [6.07, 6.45) is 7.54. The lowest BCUT2D eigenvalue weighted by molar-refractivity contribution is 0.303. The fourth-order valence-electron chi connectivity index (χ4n) is 1.52. The summed E-state index contributed by atoms with van der Waals surface area (Å²) in [7, 11) is 7.64. The first kappa shape index (κ1) is 14.8. The summed E-state index contributed by atoms with van der Waals surface area (Å²) in [5.74, 6) is 0.700. The van der Waals surface area contributed by atoms with Crippen molar-refractivity contribution in [1.82, 2.24) is 4.98 Å². The molecule has 1 heterocycles. The smallest absolute Gasteiger partial charge is 0.129 e. The number of unbranched alkanes of at least 4 members (excludes halogenated alkanes) is 1. The lowest BCUT2D eigenvalue weighted by Gasteiger charge is -2.08. The molecule has 0 saturated carbocycles. The van der Waals surface area contributed by atoms with Crippen molar-refractivity contribution >= 4 is 25.5 Å². The Labute approximate surface area is 115 Å². The fourth-order valence-corrected chi connectivity index (χ4v) is 1.73. The predicted octanol–water partition coefficient (Wildman–Crippen LogP) is 3.88. The maximum absolute atomic E-state index is 6.02. The van der Waals surface area contributed by atoms with E-state index in [4.69, 9.17) is 24.2 Å². The number of halogens is 1. The molecule has 0 aromatic carbocycles. The number of aromatic nitrogens is 1. The van der Waals surface area contributed by atoms with Gasteiger partial charge in [-0.2, -0.15) is 0 Å². The van der Waals surface area contributed by atoms with Gasteiger partial charge >= 0.3 is 0 Å². The molecule has 0 fully saturated rings. The van der Waals surface area contributed by atoms with E-state index in [2.05, 4.69) is 11.9 Å². The van der Waals surface area contributed by atoms with Crippen molar-refractivity contribution in [3.8, 4) is 0 Å². The highest BCUT2D eigenvalue weighted by molar-refractivity contribution is 6.29. The van der Waals surface area contributed by atoms with Gasteiger partial charge in [0.15, 0.2) is 0 Å². The number of pyridine rings is 1. The van der Waals surface area contributed by atoms with Crippen LogP contribution in [0.2, 0.25) is 5.15 Å². The first-order valence-corrected chi connectivity index (χ1v) is 6.30. The third-order valence-electron chi connectivity index (χ3n) is 2.55. The van der Waals surface area contributed by atoms with Crippen LogP contribution in [0.5, 0.6) is 0 Å². The van der Waals surface area contributed by atoms with Crippen LogP contribution in [0.4, 0.5) is 0 Å². The minimum atomic E-state index is 0.483. The molecule has 0 aliphatic heterocycles. The minimum Gasteiger partial charge on any atom is -0.498 e. The van der Waals surface area contributed by atoms with Crippen LogP contribution in [0.15, 0.2) is 29.6 Å². The normalized spacial score (nSPS) is 12.7. The van der Waals surface area contributed by atoms with E-state index in [0.717, 1.165) is 24.0 Å². The van der Waals surface area contributed by atoms with Gasteiger partial charge in [-0.05, 0) is 36.6 Å². The molecule has 0 saturated heterocycles. The molecule has 0 aliphatic rings. The Morgan fingerprint density at radius 3 is 2.83 bits per heavy atom. The first-order chi connectivity index (χ1) is 8.58. The summed E-state index contributed by atoms with van der Waals surface area (Å²) in [5, 5.41) is 0.483. The number of hydrogen-bond acceptors (Lipinski definition) is 2. The molecule has 0 aliphatic carbocycles. The van der Waals surface area contributed by atoms with Crippen LogP contribution in [0.3, 0.4) is 0 Å². The van der Waals surface area contributed by atoms with Crippen LogP contribution in [0.1, 0.15) is 30.9 Å². The predicted molar refractivity (Wildman–Crippen MR) is 77.7 cm³/mol. The Morgan fingerprint density at radius 2 is 2.28 bits per heavy atom. The molecule has 94 valence electrons. The van der Waals surface area contributed by atoms with E-state index in [1.54, 1.807) is 13.3 Å². The third kappa shape index (κ3) is 4.23. The second kappa shape index (κ2) is 7.27. The second-order valence-electron chi connectivity index (χ2n) is 4.02. The lowest BCUT2D eigenvalue weighted by Crippen LogP contribution is -1.94. The number of nitrogens with zero attached hydrogens (tertiary/aromatic N) is 1. The highest BCUT2D eigenvalue weighted by Crippen LogP contribution is 2.18. The maximum atomic E-state index is 6.02. The fraction of sp³-hybridized carbons (Fsp3) is 0.357. The van der Waals surface area contributed by atoms with Crippen molar-refractivity contribution in [3.05, 3.63) is 45.9 Å². The van der Waals surface area contributed by atoms with Crippen LogP contribution >= 0.6 is 11.6 Å². The van der Waals surface area contributed by atoms with E-state index in [1.807, 2.05) is 25.1 Å². The number of rotatable bonds is 5. The van der Waals surface area contributed by atoms with E-state index >= 15 is 0 Å². The van der Waals surface area contributed by atoms with Gasteiger partial charge in [-0.25, -0.2) is 4.98 Å². The summed E-state index contributed by atoms with van der Waals surface area (Å²) in [4.78, 5) is 4.05. The number of aryl methyl sites for hydroxylation is 1. The Kier molecular flexibility index (Phi) is 6.00. The Hall–Kier alpha value is -1.22. The molecule has 0 unspecified atom stereocenters. The zero-order chi connectivity index (χ0) is 13.5. The highest BCUT2D eigenvalue weighted by atomic mass is 35.5. The molecule has 4 heteroatoms. The molecule has 18 heavy (non-hydrogen) atoms. The zero-order valence-corrected chi connectivity index (χ0v) is 11.8. The van der Waals surface area contributed by atoms with Gasteiger partial charge in [0, 0.05) is 6.20 Å². The van der Waals surface area contributed by atoms with Crippen LogP contribution in [-0.2, 0) is 4.74 Å². The average molecular weight is 262 g/mol. The molecular formula is C14H17BClNO. The van der Waals surface area contributed by atoms with Crippen molar-refractivity contribution in [3.63, 3.8) is 0 Å². The average Bonchev–Trinajstić information content (AvgIpc) is 2.34. The van der Waals surface area contributed by atoms with Gasteiger partial charge in [-0.15, -0.1) is 0 Å². The van der Waals surface area contributed by atoms with E-state index in [0.29, 0.717) is 16.4 Å². The molecule has 1 aromatic rings. The van der Waals surface area contributed by atoms with Crippen LogP contribution in [-0.4, -0.2) is 19.9 Å². The van der Waals surface area contributed by atoms with Gasteiger partial charge in [0.05, 0.1) is 7.11 Å². The summed E-state index contributed by atoms with van der Waals surface area (Å²) < 4.78 is 5.27. The summed E-state index contributed by atoms with van der Waals surface area (Å²) in [6.45, 7) is 4.08. The molecule has 1 aromatic heterocycles. The van der Waals surface area contributed by atoms with Crippen molar-refractivity contribution in [2.24, 2.45) is 0 Å². The number of allylic oxidation sites excluding steroid dienone is 2. The van der Waals surface area contributed by atoms with E-state index in [9.17, 15) is 0 Å². The van der Waals surface area contributed by atoms with E-state index in [-0.39, 0.29) is 0 Å². The van der Waals surface area contributed by atoms with Crippen molar-refractivity contribution in [1.29, 1.82) is 0 Å². The van der Waals surface area contributed by atoms with Crippen molar-refractivity contribution in [2.75, 3.05) is 7.11 Å². The summed E-state index contributed by atoms with van der Waals surface area (Å²) in [6, 6.07) is 1.81. The van der Waals surface area contributed by atoms with Gasteiger partial charge in [0.1, 0.15) is 18.8 Å². The Morgan fingerprint density at radius 1 is 1.56 bits per heavy atom. The number of ether oxygens (including phenoxy) is 1. The standard InChI is InChI=1S/C14H17BClNO/c1-4-5-6-13(18-3)12(15)8-11-9-17-14(16)7-10(11)2/h6-9H,4-5H2,1-3H3/b12-8+,13-6-. The van der Waals surface area contributed by atoms with Crippen molar-refractivity contribution in [2.45, 2.75) is 26.7 Å². The molecule has 1 rings (SSSR count). The van der Waals surface area contributed by atoms with Gasteiger partial charge in [0.2, 0.25) is 0 Å². The SMILES string of the molecule is [B]C(=C/c1cnc(Cl)cc1C)/C(=C/CCC)OC. The Bertz CT molecular complexity index is 469. The van der Waals surface area contributed by atoms with Gasteiger partial charge in [-0.1, -0.05) is 36.5 Å². The zero-order valence-electron chi connectivity index (χ0n) is 11.0. The third-order valence-corrected chi connectivity index (χ3v) is 2.76. The topological polar surface area (TPSA) is 22.1 Å². The van der Waals surface area contributed by atoms with Gasteiger partial charge < -0.3 is 4.74 Å². The molecule has 0 amide bonds. The van der Waals surface area contributed by atoms with E-state index < -0.39 is 0 Å². The van der Waals surface area contributed by atoms with E-state index in [1.165, 1.54) is 0 Å². The number of hydrogen-bond donors (Lipinski definition) is 0. The van der Waals surface area contributed by atoms with Gasteiger partial charge in [-0.3, -0.25) is 0 Å². The second-order valence-corrected chi connectivity index (χ2v) is 4.41.